The lowest BCUT2D eigenvalue weighted by Gasteiger charge is -2.33. The van der Waals surface area contributed by atoms with E-state index >= 15 is 0 Å². The molecule has 0 saturated carbocycles. The molecule has 0 spiro atoms. The highest BCUT2D eigenvalue weighted by molar-refractivity contribution is 5.70. The van der Waals surface area contributed by atoms with Gasteiger partial charge in [-0.1, -0.05) is 0 Å². The van der Waals surface area contributed by atoms with Crippen LogP contribution in [0.1, 0.15) is 19.1 Å². The first-order valence-corrected chi connectivity index (χ1v) is 8.73. The average Bonchev–Trinajstić information content (AvgIpc) is 2.66. The molecule has 1 fully saturated rings. The highest BCUT2D eigenvalue weighted by atomic mass is 16.5. The van der Waals surface area contributed by atoms with Gasteiger partial charge in [0.1, 0.15) is 11.7 Å². The molecule has 3 rings (SSSR count). The molecule has 3 heterocycles. The van der Waals surface area contributed by atoms with Crippen LogP contribution in [-0.4, -0.2) is 52.5 Å². The minimum absolute atomic E-state index is 0.00722. The predicted molar refractivity (Wildman–Crippen MR) is 96.2 cm³/mol. The third kappa shape index (κ3) is 4.34. The second kappa shape index (κ2) is 8.31. The Morgan fingerprint density at radius 1 is 1.48 bits per heavy atom. The number of pyridine rings is 1. The Kier molecular flexibility index (Phi) is 5.87. The molecule has 27 heavy (non-hydrogen) atoms. The highest BCUT2D eigenvalue weighted by Gasteiger charge is 2.29. The van der Waals surface area contributed by atoms with Crippen molar-refractivity contribution in [3.63, 3.8) is 0 Å². The van der Waals surface area contributed by atoms with E-state index in [2.05, 4.69) is 15.3 Å². The number of ether oxygens (including phenoxy) is 2. The number of fused-ring (bicyclic) bond motifs is 1. The summed E-state index contributed by atoms with van der Waals surface area (Å²) in [6.45, 7) is 1.59. The van der Waals surface area contributed by atoms with Gasteiger partial charge in [0.25, 0.3) is 5.56 Å². The Morgan fingerprint density at radius 3 is 3.04 bits per heavy atom. The second-order valence-corrected chi connectivity index (χ2v) is 6.52. The number of methoxy groups -OCH3 is 1. The fourth-order valence-corrected chi connectivity index (χ4v) is 3.44. The largest absolute Gasteiger partial charge is 0.481 e. The zero-order chi connectivity index (χ0) is 19.4. The van der Waals surface area contributed by atoms with Crippen molar-refractivity contribution in [2.24, 2.45) is 17.6 Å². The Labute approximate surface area is 155 Å². The van der Waals surface area contributed by atoms with Crippen LogP contribution in [0.5, 0.6) is 5.88 Å². The van der Waals surface area contributed by atoms with Crippen LogP contribution in [-0.2, 0) is 4.74 Å². The lowest BCUT2D eigenvalue weighted by Crippen LogP contribution is -2.41. The number of nitrogens with two attached hydrogens (primary N) is 1. The second-order valence-electron chi connectivity index (χ2n) is 6.52. The summed E-state index contributed by atoms with van der Waals surface area (Å²) >= 11 is 0. The van der Waals surface area contributed by atoms with Crippen LogP contribution in [0.15, 0.2) is 23.1 Å². The molecule has 0 aliphatic carbocycles. The quantitative estimate of drug-likeness (QED) is 0.639. The summed E-state index contributed by atoms with van der Waals surface area (Å²) in [5.41, 5.74) is 5.34. The van der Waals surface area contributed by atoms with Gasteiger partial charge in [-0.15, -0.1) is 0 Å². The van der Waals surface area contributed by atoms with Crippen LogP contribution in [0.25, 0.3) is 11.2 Å². The summed E-state index contributed by atoms with van der Waals surface area (Å²) in [6, 6.07) is 3.32. The average molecular weight is 377 g/mol. The molecule has 1 aliphatic heterocycles. The van der Waals surface area contributed by atoms with Crippen molar-refractivity contribution in [3.8, 4) is 5.88 Å². The fourth-order valence-electron chi connectivity index (χ4n) is 3.44. The summed E-state index contributed by atoms with van der Waals surface area (Å²) in [5, 5.41) is 14.0. The number of amides is 1. The monoisotopic (exact) mass is 377 g/mol. The molecule has 0 bridgehead atoms. The molecule has 1 aliphatic rings. The van der Waals surface area contributed by atoms with E-state index in [4.69, 9.17) is 15.2 Å². The van der Waals surface area contributed by atoms with Crippen molar-refractivity contribution in [3.05, 3.63) is 28.7 Å². The van der Waals surface area contributed by atoms with E-state index in [1.54, 1.807) is 12.1 Å². The third-order valence-corrected chi connectivity index (χ3v) is 4.83. The third-order valence-electron chi connectivity index (χ3n) is 4.83. The predicted octanol–water partition coefficient (Wildman–Crippen LogP) is 0.00210. The molecule has 146 valence electrons. The van der Waals surface area contributed by atoms with Gasteiger partial charge >= 0.3 is 6.09 Å². The standard InChI is InChI=1S/C17H23N5O5/c1-26-13-3-2-12-16(21-13)22(15(24)8-20-12)14(23)6-10-4-5-19-7-11(10)9-27-17(18)25/h2-3,8,10-11,14,19,23H,4-7,9H2,1H3,(H2,18,25)/t10-,11+,14?/m1/s1. The van der Waals surface area contributed by atoms with E-state index in [0.717, 1.165) is 19.2 Å². The number of nitrogens with zero attached hydrogens (tertiary/aromatic N) is 3. The maximum atomic E-state index is 12.4. The first-order chi connectivity index (χ1) is 13.0. The number of carbonyl (C=O) groups excluding carboxylic acids is 1. The van der Waals surface area contributed by atoms with E-state index in [1.165, 1.54) is 11.7 Å². The lowest BCUT2D eigenvalue weighted by atomic mass is 9.84. The first-order valence-electron chi connectivity index (χ1n) is 8.73. The number of aliphatic hydroxyl groups is 1. The summed E-state index contributed by atoms with van der Waals surface area (Å²) in [6.07, 6.45) is 0.329. The Bertz CT molecular complexity index is 870. The Hall–Kier alpha value is -2.72. The first kappa shape index (κ1) is 19.1. The molecule has 1 saturated heterocycles. The van der Waals surface area contributed by atoms with Crippen LogP contribution < -0.4 is 21.3 Å². The number of aliphatic hydroxyl groups excluding tert-OH is 1. The van der Waals surface area contributed by atoms with Crippen LogP contribution >= 0.6 is 0 Å². The van der Waals surface area contributed by atoms with Gasteiger partial charge in [0, 0.05) is 18.5 Å². The van der Waals surface area contributed by atoms with Crippen molar-refractivity contribution >= 4 is 17.3 Å². The summed E-state index contributed by atoms with van der Waals surface area (Å²) in [5.74, 6) is 0.360. The van der Waals surface area contributed by atoms with Crippen LogP contribution in [0.4, 0.5) is 4.79 Å². The van der Waals surface area contributed by atoms with Crippen molar-refractivity contribution in [2.75, 3.05) is 26.8 Å². The maximum Gasteiger partial charge on any atom is 0.404 e. The molecule has 10 heteroatoms. The number of hydrogen-bond acceptors (Lipinski definition) is 8. The smallest absolute Gasteiger partial charge is 0.404 e. The molecule has 1 unspecified atom stereocenters. The van der Waals surface area contributed by atoms with E-state index < -0.39 is 17.9 Å². The summed E-state index contributed by atoms with van der Waals surface area (Å²) in [4.78, 5) is 31.6. The number of hydrogen-bond donors (Lipinski definition) is 3. The Morgan fingerprint density at radius 2 is 2.30 bits per heavy atom. The molecule has 2 aromatic rings. The van der Waals surface area contributed by atoms with Gasteiger partial charge in [0.05, 0.1) is 19.9 Å². The van der Waals surface area contributed by atoms with Crippen molar-refractivity contribution in [1.82, 2.24) is 19.9 Å². The minimum atomic E-state index is -1.10. The fraction of sp³-hybridized carbons (Fsp3) is 0.529. The number of piperidine rings is 1. The van der Waals surface area contributed by atoms with E-state index in [9.17, 15) is 14.7 Å². The SMILES string of the molecule is COc1ccc2ncc(=O)n(C(O)C[C@H]3CCNC[C@H]3COC(N)=O)c2n1. The number of rotatable bonds is 6. The zero-order valence-corrected chi connectivity index (χ0v) is 15.0. The number of carbonyl (C=O) groups is 1. The maximum absolute atomic E-state index is 12.4. The lowest BCUT2D eigenvalue weighted by molar-refractivity contribution is 0.0383. The minimum Gasteiger partial charge on any atom is -0.481 e. The normalized spacial score (nSPS) is 21.0. The molecule has 0 radical (unpaired) electrons. The molecule has 2 aromatic heterocycles. The van der Waals surface area contributed by atoms with Crippen molar-refractivity contribution in [2.45, 2.75) is 19.1 Å². The van der Waals surface area contributed by atoms with Crippen LogP contribution in [0.2, 0.25) is 0 Å². The van der Waals surface area contributed by atoms with Gasteiger partial charge in [-0.3, -0.25) is 9.36 Å². The van der Waals surface area contributed by atoms with Crippen LogP contribution in [0.3, 0.4) is 0 Å². The van der Waals surface area contributed by atoms with Crippen molar-refractivity contribution in [1.29, 1.82) is 0 Å². The molecule has 0 aromatic carbocycles. The van der Waals surface area contributed by atoms with Gasteiger partial charge in [-0.2, -0.15) is 4.98 Å². The van der Waals surface area contributed by atoms with Gasteiger partial charge in [-0.25, -0.2) is 9.78 Å². The molecule has 1 amide bonds. The molecule has 4 N–H and O–H groups in total. The zero-order valence-electron chi connectivity index (χ0n) is 15.0. The summed E-state index contributed by atoms with van der Waals surface area (Å²) in [7, 11) is 1.47. The van der Waals surface area contributed by atoms with E-state index in [0.29, 0.717) is 24.4 Å². The van der Waals surface area contributed by atoms with Gasteiger partial charge in [0.2, 0.25) is 5.88 Å². The van der Waals surface area contributed by atoms with E-state index in [-0.39, 0.29) is 24.1 Å². The molecular weight excluding hydrogens is 354 g/mol. The molecule has 10 nitrogen and oxygen atoms in total. The molecular formula is C17H23N5O5. The Balaban J connectivity index is 1.86. The van der Waals surface area contributed by atoms with Crippen molar-refractivity contribution < 1.29 is 19.4 Å². The highest BCUT2D eigenvalue weighted by Crippen LogP contribution is 2.28. The van der Waals surface area contributed by atoms with E-state index in [1.807, 2.05) is 0 Å². The number of primary amides is 1. The van der Waals surface area contributed by atoms with Gasteiger partial charge in [-0.05, 0) is 31.4 Å². The topological polar surface area (TPSA) is 142 Å². The van der Waals surface area contributed by atoms with Crippen LogP contribution in [0, 0.1) is 11.8 Å². The number of aromatic nitrogens is 3. The summed E-state index contributed by atoms with van der Waals surface area (Å²) < 4.78 is 11.3. The van der Waals surface area contributed by atoms with Gasteiger partial charge < -0.3 is 25.6 Å². The number of nitrogens with one attached hydrogen (secondary N) is 1. The molecule has 3 atom stereocenters. The van der Waals surface area contributed by atoms with Gasteiger partial charge in [0.15, 0.2) is 5.65 Å².